The molecule has 3 heterocycles. The highest BCUT2D eigenvalue weighted by Crippen LogP contribution is 2.23. The van der Waals surface area contributed by atoms with Crippen LogP contribution in [0.15, 0.2) is 54.7 Å². The molecule has 4 rings (SSSR count). The van der Waals surface area contributed by atoms with Crippen LogP contribution < -0.4 is 10.2 Å². The van der Waals surface area contributed by atoms with Crippen molar-refractivity contribution in [1.29, 1.82) is 0 Å². The molecular formula is C17H18N4. The molecule has 1 aliphatic heterocycles. The van der Waals surface area contributed by atoms with Crippen molar-refractivity contribution in [2.75, 3.05) is 31.1 Å². The monoisotopic (exact) mass is 278 g/mol. The highest BCUT2D eigenvalue weighted by Gasteiger charge is 2.14. The van der Waals surface area contributed by atoms with Crippen molar-refractivity contribution in [3.05, 3.63) is 54.7 Å². The molecule has 1 aliphatic rings. The van der Waals surface area contributed by atoms with E-state index in [2.05, 4.69) is 63.3 Å². The summed E-state index contributed by atoms with van der Waals surface area (Å²) < 4.78 is 2.20. The van der Waals surface area contributed by atoms with Gasteiger partial charge in [-0.2, -0.15) is 0 Å². The number of hydrogen-bond acceptors (Lipinski definition) is 3. The van der Waals surface area contributed by atoms with Gasteiger partial charge in [0.05, 0.1) is 5.69 Å². The van der Waals surface area contributed by atoms with Crippen LogP contribution in [0.1, 0.15) is 0 Å². The largest absolute Gasteiger partial charge is 0.355 e. The summed E-state index contributed by atoms with van der Waals surface area (Å²) in [5.74, 6) is 1.23. The van der Waals surface area contributed by atoms with Crippen LogP contribution in [0.4, 0.5) is 5.82 Å². The number of nitrogens with one attached hydrogen (secondary N) is 1. The summed E-state index contributed by atoms with van der Waals surface area (Å²) >= 11 is 0. The molecule has 1 aromatic carbocycles. The minimum Gasteiger partial charge on any atom is -0.355 e. The second kappa shape index (κ2) is 5.22. The molecule has 0 amide bonds. The van der Waals surface area contributed by atoms with Crippen molar-refractivity contribution in [2.45, 2.75) is 0 Å². The lowest BCUT2D eigenvalue weighted by Crippen LogP contribution is -2.44. The maximum absolute atomic E-state index is 4.76. The molecule has 0 unspecified atom stereocenters. The Labute approximate surface area is 124 Å². The number of rotatable bonds is 2. The standard InChI is InChI=1S/C17H18N4/c1-2-5-14(6-3-1)15-13-21-16(19-15)7-4-8-17(21)20-11-9-18-10-12-20/h1-8,13,18H,9-12H2. The average molecular weight is 278 g/mol. The quantitative estimate of drug-likeness (QED) is 0.781. The Balaban J connectivity index is 1.80. The number of hydrogen-bond donors (Lipinski definition) is 1. The highest BCUT2D eigenvalue weighted by molar-refractivity contribution is 5.65. The molecule has 4 nitrogen and oxygen atoms in total. The second-order valence-electron chi connectivity index (χ2n) is 5.34. The van der Waals surface area contributed by atoms with Crippen LogP contribution in [-0.4, -0.2) is 35.6 Å². The molecule has 1 saturated heterocycles. The predicted molar refractivity (Wildman–Crippen MR) is 85.7 cm³/mol. The van der Waals surface area contributed by atoms with Crippen molar-refractivity contribution in [3.8, 4) is 11.3 Å². The molecule has 106 valence electrons. The number of benzene rings is 1. The maximum atomic E-state index is 4.76. The van der Waals surface area contributed by atoms with Crippen molar-refractivity contribution in [3.63, 3.8) is 0 Å². The summed E-state index contributed by atoms with van der Waals surface area (Å²) in [7, 11) is 0. The molecule has 3 aromatic rings. The third-order valence-electron chi connectivity index (χ3n) is 3.98. The first-order valence-corrected chi connectivity index (χ1v) is 7.41. The van der Waals surface area contributed by atoms with Crippen molar-refractivity contribution < 1.29 is 0 Å². The van der Waals surface area contributed by atoms with E-state index in [0.29, 0.717) is 0 Å². The maximum Gasteiger partial charge on any atom is 0.139 e. The number of anilines is 1. The Kier molecular flexibility index (Phi) is 3.09. The Morgan fingerprint density at radius 1 is 0.905 bits per heavy atom. The molecule has 1 fully saturated rings. The van der Waals surface area contributed by atoms with Gasteiger partial charge in [-0.15, -0.1) is 0 Å². The number of imidazole rings is 1. The summed E-state index contributed by atoms with van der Waals surface area (Å²) in [6, 6.07) is 16.7. The van der Waals surface area contributed by atoms with Gasteiger partial charge in [0.1, 0.15) is 11.5 Å². The van der Waals surface area contributed by atoms with Gasteiger partial charge in [0, 0.05) is 37.9 Å². The minimum absolute atomic E-state index is 1.00. The van der Waals surface area contributed by atoms with Gasteiger partial charge in [0.25, 0.3) is 0 Å². The molecule has 0 spiro atoms. The fourth-order valence-corrected chi connectivity index (χ4v) is 2.90. The summed E-state index contributed by atoms with van der Waals surface area (Å²) in [4.78, 5) is 7.18. The van der Waals surface area contributed by atoms with Gasteiger partial charge >= 0.3 is 0 Å². The molecule has 4 heteroatoms. The first kappa shape index (κ1) is 12.4. The normalized spacial score (nSPS) is 15.5. The highest BCUT2D eigenvalue weighted by atomic mass is 15.3. The number of aromatic nitrogens is 2. The number of fused-ring (bicyclic) bond motifs is 1. The Bertz CT molecular complexity index is 742. The molecule has 1 N–H and O–H groups in total. The van der Waals surface area contributed by atoms with Crippen molar-refractivity contribution >= 4 is 11.5 Å². The first-order chi connectivity index (χ1) is 10.4. The SMILES string of the molecule is c1ccc(-c2cn3c(N4CCNCC4)cccc3n2)cc1. The van der Waals surface area contributed by atoms with E-state index in [-0.39, 0.29) is 0 Å². The van der Waals surface area contributed by atoms with Gasteiger partial charge in [-0.3, -0.25) is 4.40 Å². The van der Waals surface area contributed by atoms with E-state index < -0.39 is 0 Å². The molecule has 0 saturated carbocycles. The number of piperazine rings is 1. The molecule has 0 bridgehead atoms. The summed E-state index contributed by atoms with van der Waals surface area (Å²) in [5.41, 5.74) is 3.19. The average Bonchev–Trinajstić information content (AvgIpc) is 3.00. The molecule has 2 aromatic heterocycles. The van der Waals surface area contributed by atoms with E-state index in [0.717, 1.165) is 43.1 Å². The topological polar surface area (TPSA) is 32.6 Å². The van der Waals surface area contributed by atoms with Crippen LogP contribution in [0.25, 0.3) is 16.9 Å². The summed E-state index contributed by atoms with van der Waals surface area (Å²) in [6.07, 6.45) is 2.14. The molecule has 0 radical (unpaired) electrons. The van der Waals surface area contributed by atoms with Crippen molar-refractivity contribution in [2.24, 2.45) is 0 Å². The summed E-state index contributed by atoms with van der Waals surface area (Å²) in [5, 5.41) is 3.40. The molecule has 21 heavy (non-hydrogen) atoms. The van der Waals surface area contributed by atoms with Crippen LogP contribution in [0, 0.1) is 0 Å². The van der Waals surface area contributed by atoms with Crippen LogP contribution in [-0.2, 0) is 0 Å². The number of pyridine rings is 1. The lowest BCUT2D eigenvalue weighted by molar-refractivity contribution is 0.583. The van der Waals surface area contributed by atoms with E-state index in [4.69, 9.17) is 4.98 Å². The third-order valence-corrected chi connectivity index (χ3v) is 3.98. The zero-order valence-corrected chi connectivity index (χ0v) is 11.9. The van der Waals surface area contributed by atoms with E-state index in [1.807, 2.05) is 6.07 Å². The van der Waals surface area contributed by atoms with Gasteiger partial charge in [-0.25, -0.2) is 4.98 Å². The summed E-state index contributed by atoms with van der Waals surface area (Å²) in [6.45, 7) is 4.16. The fraction of sp³-hybridized carbons (Fsp3) is 0.235. The van der Waals surface area contributed by atoms with Crippen LogP contribution in [0.5, 0.6) is 0 Å². The lowest BCUT2D eigenvalue weighted by atomic mass is 10.2. The lowest BCUT2D eigenvalue weighted by Gasteiger charge is -2.29. The third kappa shape index (κ3) is 2.28. The Hall–Kier alpha value is -2.33. The first-order valence-electron chi connectivity index (χ1n) is 7.41. The van der Waals surface area contributed by atoms with E-state index >= 15 is 0 Å². The van der Waals surface area contributed by atoms with Crippen LogP contribution in [0.3, 0.4) is 0 Å². The van der Waals surface area contributed by atoms with Gasteiger partial charge in [0.2, 0.25) is 0 Å². The van der Waals surface area contributed by atoms with Gasteiger partial charge in [-0.1, -0.05) is 36.4 Å². The van der Waals surface area contributed by atoms with Crippen LogP contribution >= 0.6 is 0 Å². The second-order valence-corrected chi connectivity index (χ2v) is 5.34. The van der Waals surface area contributed by atoms with E-state index in [1.54, 1.807) is 0 Å². The van der Waals surface area contributed by atoms with Crippen LogP contribution in [0.2, 0.25) is 0 Å². The smallest absolute Gasteiger partial charge is 0.139 e. The fourth-order valence-electron chi connectivity index (χ4n) is 2.90. The van der Waals surface area contributed by atoms with Gasteiger partial charge in [0.15, 0.2) is 0 Å². The predicted octanol–water partition coefficient (Wildman–Crippen LogP) is 2.41. The Morgan fingerprint density at radius 2 is 1.71 bits per heavy atom. The zero-order chi connectivity index (χ0) is 14.1. The van der Waals surface area contributed by atoms with Crippen molar-refractivity contribution in [1.82, 2.24) is 14.7 Å². The van der Waals surface area contributed by atoms with Gasteiger partial charge < -0.3 is 10.2 Å². The molecule has 0 aliphatic carbocycles. The number of nitrogens with zero attached hydrogens (tertiary/aromatic N) is 3. The van der Waals surface area contributed by atoms with E-state index in [9.17, 15) is 0 Å². The van der Waals surface area contributed by atoms with E-state index in [1.165, 1.54) is 5.82 Å². The zero-order valence-electron chi connectivity index (χ0n) is 11.9. The Morgan fingerprint density at radius 3 is 2.52 bits per heavy atom. The molecule has 0 atom stereocenters. The minimum atomic E-state index is 1.00. The van der Waals surface area contributed by atoms with Gasteiger partial charge in [-0.05, 0) is 12.1 Å². The molecular weight excluding hydrogens is 260 g/mol.